The molecular formula is C13H12FN3O5S. The minimum atomic E-state index is -3.84. The van der Waals surface area contributed by atoms with Crippen LogP contribution in [0.2, 0.25) is 0 Å². The van der Waals surface area contributed by atoms with Crippen LogP contribution in [0.25, 0.3) is 11.3 Å². The molecule has 1 aromatic carbocycles. The lowest BCUT2D eigenvalue weighted by molar-refractivity contribution is 0.0949. The number of amides is 1. The fourth-order valence-electron chi connectivity index (χ4n) is 1.57. The highest BCUT2D eigenvalue weighted by atomic mass is 32.2. The summed E-state index contributed by atoms with van der Waals surface area (Å²) in [6.45, 7) is 0. The van der Waals surface area contributed by atoms with Gasteiger partial charge in [0, 0.05) is 0 Å². The van der Waals surface area contributed by atoms with E-state index in [0.717, 1.165) is 6.26 Å². The number of halogens is 1. The summed E-state index contributed by atoms with van der Waals surface area (Å²) in [5.41, 5.74) is 5.48. The molecule has 0 fully saturated rings. The van der Waals surface area contributed by atoms with Crippen LogP contribution in [-0.4, -0.2) is 26.5 Å². The van der Waals surface area contributed by atoms with Crippen LogP contribution in [0, 0.1) is 5.82 Å². The standard InChI is InChI=1S/C13H12FN3O5S/c1-23(19,20)22-17-13(15)16-12(18)11-7-6-10(21-11)8-4-2-3-5-9(8)14/h2-7H,1H3,(H3,15,16,17,18). The maximum atomic E-state index is 13.6. The Balaban J connectivity index is 2.12. The summed E-state index contributed by atoms with van der Waals surface area (Å²) in [5, 5.41) is 5.07. The fourth-order valence-corrected chi connectivity index (χ4v) is 1.79. The van der Waals surface area contributed by atoms with E-state index in [4.69, 9.17) is 10.2 Å². The maximum Gasteiger partial charge on any atom is 0.325 e. The van der Waals surface area contributed by atoms with Crippen LogP contribution in [0.3, 0.4) is 0 Å². The lowest BCUT2D eigenvalue weighted by Gasteiger charge is -2.02. The van der Waals surface area contributed by atoms with Crippen molar-refractivity contribution in [3.8, 4) is 11.3 Å². The number of carbonyl (C=O) groups is 1. The lowest BCUT2D eigenvalue weighted by Crippen LogP contribution is -2.36. The van der Waals surface area contributed by atoms with Crippen molar-refractivity contribution in [1.29, 1.82) is 0 Å². The largest absolute Gasteiger partial charge is 0.451 e. The molecule has 0 aliphatic rings. The summed E-state index contributed by atoms with van der Waals surface area (Å²) < 4.78 is 44.4. The van der Waals surface area contributed by atoms with E-state index in [-0.39, 0.29) is 17.1 Å². The number of hydrogen-bond acceptors (Lipinski definition) is 6. The second-order valence-electron chi connectivity index (χ2n) is 4.35. The van der Waals surface area contributed by atoms with E-state index < -0.39 is 27.8 Å². The number of carbonyl (C=O) groups excluding carboxylic acids is 1. The minimum Gasteiger partial charge on any atom is -0.451 e. The van der Waals surface area contributed by atoms with Crippen molar-refractivity contribution in [2.45, 2.75) is 0 Å². The molecule has 0 saturated heterocycles. The molecular weight excluding hydrogens is 329 g/mol. The van der Waals surface area contributed by atoms with E-state index in [1.54, 1.807) is 6.07 Å². The molecule has 3 N–H and O–H groups in total. The minimum absolute atomic E-state index is 0.149. The van der Waals surface area contributed by atoms with E-state index in [1.165, 1.54) is 30.3 Å². The van der Waals surface area contributed by atoms with Crippen molar-refractivity contribution in [2.75, 3.05) is 6.26 Å². The molecule has 0 saturated carbocycles. The fraction of sp³-hybridized carbons (Fsp3) is 0.0769. The zero-order valence-electron chi connectivity index (χ0n) is 11.8. The number of rotatable bonds is 4. The summed E-state index contributed by atoms with van der Waals surface area (Å²) in [6.07, 6.45) is 0.763. The Morgan fingerprint density at radius 1 is 1.30 bits per heavy atom. The molecule has 0 spiro atoms. The molecule has 23 heavy (non-hydrogen) atoms. The Kier molecular flexibility index (Phi) is 4.65. The van der Waals surface area contributed by atoms with Gasteiger partial charge in [0.25, 0.3) is 5.91 Å². The third kappa shape index (κ3) is 4.54. The first-order chi connectivity index (χ1) is 10.8. The van der Waals surface area contributed by atoms with Crippen molar-refractivity contribution in [1.82, 2.24) is 5.32 Å². The Morgan fingerprint density at radius 3 is 2.65 bits per heavy atom. The van der Waals surface area contributed by atoms with Gasteiger partial charge in [-0.25, -0.2) is 4.39 Å². The van der Waals surface area contributed by atoms with E-state index in [9.17, 15) is 17.6 Å². The van der Waals surface area contributed by atoms with Gasteiger partial charge in [0.1, 0.15) is 11.6 Å². The van der Waals surface area contributed by atoms with Crippen LogP contribution in [0.4, 0.5) is 4.39 Å². The van der Waals surface area contributed by atoms with Gasteiger partial charge in [-0.05, 0) is 29.4 Å². The van der Waals surface area contributed by atoms with Gasteiger partial charge in [-0.15, -0.1) is 0 Å². The van der Waals surface area contributed by atoms with Gasteiger partial charge in [0.05, 0.1) is 11.8 Å². The molecule has 0 atom stereocenters. The first kappa shape index (κ1) is 16.5. The van der Waals surface area contributed by atoms with Crippen molar-refractivity contribution in [2.24, 2.45) is 10.9 Å². The summed E-state index contributed by atoms with van der Waals surface area (Å²) in [6, 6.07) is 8.61. The number of furan rings is 1. The van der Waals surface area contributed by atoms with Crippen LogP contribution in [0.15, 0.2) is 46.0 Å². The molecule has 1 amide bonds. The number of guanidine groups is 1. The van der Waals surface area contributed by atoms with Crippen LogP contribution in [0.1, 0.15) is 10.6 Å². The Hall–Kier alpha value is -2.88. The summed E-state index contributed by atoms with van der Waals surface area (Å²) in [5.74, 6) is -1.90. The van der Waals surface area contributed by atoms with E-state index in [0.29, 0.717) is 0 Å². The quantitative estimate of drug-likeness (QED) is 0.486. The Bertz CT molecular complexity index is 860. The van der Waals surface area contributed by atoms with Gasteiger partial charge in [-0.2, -0.15) is 8.42 Å². The number of nitrogens with one attached hydrogen (secondary N) is 1. The molecule has 8 nitrogen and oxygen atoms in total. The van der Waals surface area contributed by atoms with Gasteiger partial charge in [-0.3, -0.25) is 14.4 Å². The van der Waals surface area contributed by atoms with Gasteiger partial charge in [-0.1, -0.05) is 12.1 Å². The van der Waals surface area contributed by atoms with Crippen LogP contribution in [0.5, 0.6) is 0 Å². The first-order valence-electron chi connectivity index (χ1n) is 6.14. The zero-order chi connectivity index (χ0) is 17.0. The molecule has 1 aromatic heterocycles. The van der Waals surface area contributed by atoms with Gasteiger partial charge in [0.2, 0.25) is 5.96 Å². The molecule has 0 radical (unpaired) electrons. The molecule has 0 aliphatic heterocycles. The third-order valence-electron chi connectivity index (χ3n) is 2.48. The highest BCUT2D eigenvalue weighted by molar-refractivity contribution is 7.85. The summed E-state index contributed by atoms with van der Waals surface area (Å²) in [4.78, 5) is 11.8. The number of hydrogen-bond donors (Lipinski definition) is 2. The molecule has 0 unspecified atom stereocenters. The Morgan fingerprint density at radius 2 is 2.00 bits per heavy atom. The van der Waals surface area contributed by atoms with Gasteiger partial charge >= 0.3 is 10.1 Å². The summed E-state index contributed by atoms with van der Waals surface area (Å²) >= 11 is 0. The van der Waals surface area contributed by atoms with E-state index in [2.05, 4.69) is 14.8 Å². The molecule has 10 heteroatoms. The molecule has 2 rings (SSSR count). The monoisotopic (exact) mass is 341 g/mol. The van der Waals surface area contributed by atoms with E-state index >= 15 is 0 Å². The Labute approximate surface area is 130 Å². The van der Waals surface area contributed by atoms with Gasteiger partial charge < -0.3 is 10.2 Å². The average molecular weight is 341 g/mol. The molecule has 2 aromatic rings. The van der Waals surface area contributed by atoms with Gasteiger partial charge in [0.15, 0.2) is 5.76 Å². The van der Waals surface area contributed by atoms with Crippen molar-refractivity contribution < 1.29 is 26.3 Å². The second-order valence-corrected chi connectivity index (χ2v) is 5.91. The molecule has 0 aliphatic carbocycles. The van der Waals surface area contributed by atoms with Crippen LogP contribution >= 0.6 is 0 Å². The normalized spacial score (nSPS) is 12.0. The third-order valence-corrected chi connectivity index (χ3v) is 2.83. The number of nitrogens with zero attached hydrogens (tertiary/aromatic N) is 1. The topological polar surface area (TPSA) is 124 Å². The highest BCUT2D eigenvalue weighted by Crippen LogP contribution is 2.24. The predicted octanol–water partition coefficient (Wildman–Crippen LogP) is 1.02. The second kappa shape index (κ2) is 6.48. The smallest absolute Gasteiger partial charge is 0.325 e. The average Bonchev–Trinajstić information content (AvgIpc) is 2.94. The lowest BCUT2D eigenvalue weighted by atomic mass is 10.1. The highest BCUT2D eigenvalue weighted by Gasteiger charge is 2.15. The van der Waals surface area contributed by atoms with Crippen LogP contribution < -0.4 is 11.1 Å². The molecule has 1 heterocycles. The molecule has 122 valence electrons. The zero-order valence-corrected chi connectivity index (χ0v) is 12.6. The van der Waals surface area contributed by atoms with Crippen molar-refractivity contribution in [3.63, 3.8) is 0 Å². The number of nitrogens with two attached hydrogens (primary N) is 1. The SMILES string of the molecule is CS(=O)(=O)ON=C(N)NC(=O)c1ccc(-c2ccccc2F)o1. The maximum absolute atomic E-state index is 13.6. The number of benzene rings is 1. The van der Waals surface area contributed by atoms with E-state index in [1.807, 2.05) is 0 Å². The first-order valence-corrected chi connectivity index (χ1v) is 7.96. The van der Waals surface area contributed by atoms with Crippen LogP contribution in [-0.2, 0) is 14.4 Å². The summed E-state index contributed by atoms with van der Waals surface area (Å²) in [7, 11) is -3.84. The van der Waals surface area contributed by atoms with Crippen molar-refractivity contribution >= 4 is 22.0 Å². The number of oxime groups is 1. The van der Waals surface area contributed by atoms with Crippen molar-refractivity contribution in [3.05, 3.63) is 48.0 Å². The molecule has 0 bridgehead atoms. The predicted molar refractivity (Wildman–Crippen MR) is 79.1 cm³/mol.